The fourth-order valence-electron chi connectivity index (χ4n) is 0.789. The highest BCUT2D eigenvalue weighted by atomic mass is 16.4. The smallest absolute Gasteiger partial charge is 0.303 e. The minimum absolute atomic E-state index is 0.0636. The number of nitrogens with zero attached hydrogens (tertiary/aromatic N) is 2. The lowest BCUT2D eigenvalue weighted by Crippen LogP contribution is -2.14. The van der Waals surface area contributed by atoms with E-state index in [4.69, 9.17) is 5.11 Å². The van der Waals surface area contributed by atoms with Crippen molar-refractivity contribution in [2.45, 2.75) is 12.8 Å². The van der Waals surface area contributed by atoms with E-state index >= 15 is 0 Å². The number of carboxylic acids is 1. The van der Waals surface area contributed by atoms with Crippen LogP contribution in [0.1, 0.15) is 12.8 Å². The lowest BCUT2D eigenvalue weighted by Gasteiger charge is -2.01. The van der Waals surface area contributed by atoms with Crippen molar-refractivity contribution in [3.63, 3.8) is 0 Å². The van der Waals surface area contributed by atoms with E-state index in [0.29, 0.717) is 5.82 Å². The molecule has 0 saturated carbocycles. The summed E-state index contributed by atoms with van der Waals surface area (Å²) in [6, 6.07) is 0. The van der Waals surface area contributed by atoms with Crippen LogP contribution in [0.3, 0.4) is 0 Å². The molecule has 0 fully saturated rings. The second kappa shape index (κ2) is 4.90. The Morgan fingerprint density at radius 3 is 2.71 bits per heavy atom. The molecular weight excluding hydrogens is 186 g/mol. The van der Waals surface area contributed by atoms with Gasteiger partial charge in [-0.25, -0.2) is 4.98 Å². The molecule has 14 heavy (non-hydrogen) atoms. The summed E-state index contributed by atoms with van der Waals surface area (Å²) < 4.78 is 0. The second-order valence-electron chi connectivity index (χ2n) is 2.53. The molecule has 6 heteroatoms. The largest absolute Gasteiger partial charge is 0.481 e. The van der Waals surface area contributed by atoms with Crippen LogP contribution in [0, 0.1) is 0 Å². The van der Waals surface area contributed by atoms with Gasteiger partial charge in [-0.2, -0.15) is 0 Å². The fraction of sp³-hybridized carbons (Fsp3) is 0.250. The van der Waals surface area contributed by atoms with Gasteiger partial charge in [0.2, 0.25) is 5.91 Å². The van der Waals surface area contributed by atoms with E-state index in [-0.39, 0.29) is 18.7 Å². The third-order valence-corrected chi connectivity index (χ3v) is 1.40. The van der Waals surface area contributed by atoms with Gasteiger partial charge in [0.1, 0.15) is 0 Å². The van der Waals surface area contributed by atoms with Crippen LogP contribution in [0.2, 0.25) is 0 Å². The van der Waals surface area contributed by atoms with E-state index in [9.17, 15) is 9.59 Å². The molecule has 1 aromatic heterocycles. The number of aromatic nitrogens is 2. The molecule has 1 aromatic rings. The predicted octanol–water partition coefficient (Wildman–Crippen LogP) is 0.280. The first-order chi connectivity index (χ1) is 6.68. The number of rotatable bonds is 4. The normalized spacial score (nSPS) is 9.43. The molecule has 0 atom stereocenters. The molecule has 0 bridgehead atoms. The second-order valence-corrected chi connectivity index (χ2v) is 2.53. The molecule has 0 spiro atoms. The zero-order valence-corrected chi connectivity index (χ0v) is 7.30. The van der Waals surface area contributed by atoms with Crippen LogP contribution in [0.5, 0.6) is 0 Å². The van der Waals surface area contributed by atoms with Gasteiger partial charge < -0.3 is 10.4 Å². The molecule has 1 heterocycles. The van der Waals surface area contributed by atoms with E-state index in [1.807, 2.05) is 0 Å². The highest BCUT2D eigenvalue weighted by Crippen LogP contribution is 1.99. The van der Waals surface area contributed by atoms with Gasteiger partial charge in [-0.15, -0.1) is 0 Å². The van der Waals surface area contributed by atoms with Crippen molar-refractivity contribution in [3.8, 4) is 0 Å². The molecule has 0 saturated heterocycles. The molecule has 0 aliphatic heterocycles. The Balaban J connectivity index is 2.38. The van der Waals surface area contributed by atoms with Gasteiger partial charge in [-0.1, -0.05) is 0 Å². The molecule has 1 rings (SSSR count). The minimum Gasteiger partial charge on any atom is -0.481 e. The van der Waals surface area contributed by atoms with E-state index < -0.39 is 5.97 Å². The van der Waals surface area contributed by atoms with Crippen LogP contribution >= 0.6 is 0 Å². The molecular formula is C8H9N3O3. The fourth-order valence-corrected chi connectivity index (χ4v) is 0.789. The van der Waals surface area contributed by atoms with E-state index in [1.165, 1.54) is 18.6 Å². The van der Waals surface area contributed by atoms with Crippen molar-refractivity contribution in [2.75, 3.05) is 5.32 Å². The first kappa shape index (κ1) is 10.1. The molecule has 0 aromatic carbocycles. The summed E-state index contributed by atoms with van der Waals surface area (Å²) in [5.41, 5.74) is 0. The zero-order valence-electron chi connectivity index (χ0n) is 7.30. The molecule has 0 aliphatic carbocycles. The van der Waals surface area contributed by atoms with Crippen molar-refractivity contribution in [3.05, 3.63) is 18.6 Å². The Kier molecular flexibility index (Phi) is 3.54. The predicted molar refractivity (Wildman–Crippen MR) is 47.5 cm³/mol. The molecule has 0 radical (unpaired) electrons. The highest BCUT2D eigenvalue weighted by molar-refractivity contribution is 5.91. The molecule has 0 aliphatic rings. The quantitative estimate of drug-likeness (QED) is 0.719. The summed E-state index contributed by atoms with van der Waals surface area (Å²) in [6.07, 6.45) is 4.05. The monoisotopic (exact) mass is 195 g/mol. The van der Waals surface area contributed by atoms with E-state index in [1.54, 1.807) is 0 Å². The van der Waals surface area contributed by atoms with Gasteiger partial charge in [-0.3, -0.25) is 14.6 Å². The maximum absolute atomic E-state index is 11.1. The van der Waals surface area contributed by atoms with Gasteiger partial charge in [-0.05, 0) is 0 Å². The highest BCUT2D eigenvalue weighted by Gasteiger charge is 2.05. The van der Waals surface area contributed by atoms with Crippen LogP contribution in [-0.2, 0) is 9.59 Å². The molecule has 2 N–H and O–H groups in total. The molecule has 0 unspecified atom stereocenters. The number of hydrogen-bond acceptors (Lipinski definition) is 4. The topological polar surface area (TPSA) is 92.2 Å². The summed E-state index contributed by atoms with van der Waals surface area (Å²) >= 11 is 0. The summed E-state index contributed by atoms with van der Waals surface area (Å²) in [6.45, 7) is 0. The Labute approximate surface area is 80.0 Å². The first-order valence-corrected chi connectivity index (χ1v) is 3.96. The molecule has 1 amide bonds. The SMILES string of the molecule is O=C(O)CCC(=O)Nc1cnccn1. The lowest BCUT2D eigenvalue weighted by molar-refractivity contribution is -0.138. The third-order valence-electron chi connectivity index (χ3n) is 1.40. The van der Waals surface area contributed by atoms with Crippen molar-refractivity contribution in [2.24, 2.45) is 0 Å². The maximum Gasteiger partial charge on any atom is 0.303 e. The third kappa shape index (κ3) is 3.61. The number of carbonyl (C=O) groups excluding carboxylic acids is 1. The zero-order chi connectivity index (χ0) is 10.4. The Morgan fingerprint density at radius 2 is 2.14 bits per heavy atom. The summed E-state index contributed by atoms with van der Waals surface area (Å²) in [7, 11) is 0. The first-order valence-electron chi connectivity index (χ1n) is 3.96. The van der Waals surface area contributed by atoms with Crippen molar-refractivity contribution < 1.29 is 14.7 Å². The number of hydrogen-bond donors (Lipinski definition) is 2. The average Bonchev–Trinajstić information content (AvgIpc) is 2.16. The molecule has 74 valence electrons. The van der Waals surface area contributed by atoms with Crippen LogP contribution in [-0.4, -0.2) is 27.0 Å². The summed E-state index contributed by atoms with van der Waals surface area (Å²) in [5, 5.41) is 10.7. The van der Waals surface area contributed by atoms with E-state index in [2.05, 4.69) is 15.3 Å². The van der Waals surface area contributed by atoms with E-state index in [0.717, 1.165) is 0 Å². The maximum atomic E-state index is 11.1. The van der Waals surface area contributed by atoms with Gasteiger partial charge in [0.15, 0.2) is 5.82 Å². The van der Waals surface area contributed by atoms with Crippen LogP contribution in [0.25, 0.3) is 0 Å². The number of carbonyl (C=O) groups is 2. The average molecular weight is 195 g/mol. The van der Waals surface area contributed by atoms with Crippen molar-refractivity contribution >= 4 is 17.7 Å². The number of carboxylic acid groups (broad SMARTS) is 1. The standard InChI is InChI=1S/C8H9N3O3/c12-7(1-2-8(13)14)11-6-5-9-3-4-10-6/h3-5H,1-2H2,(H,13,14)(H,10,11,12). The number of nitrogens with one attached hydrogen (secondary N) is 1. The van der Waals surface area contributed by atoms with Crippen LogP contribution in [0.15, 0.2) is 18.6 Å². The number of anilines is 1. The van der Waals surface area contributed by atoms with Gasteiger partial charge in [0.25, 0.3) is 0 Å². The number of amides is 1. The Hall–Kier alpha value is -1.98. The molecule has 6 nitrogen and oxygen atoms in total. The van der Waals surface area contributed by atoms with Gasteiger partial charge >= 0.3 is 5.97 Å². The Bertz CT molecular complexity index is 326. The Morgan fingerprint density at radius 1 is 1.36 bits per heavy atom. The minimum atomic E-state index is -1.00. The van der Waals surface area contributed by atoms with Crippen molar-refractivity contribution in [1.29, 1.82) is 0 Å². The number of aliphatic carboxylic acids is 1. The summed E-state index contributed by atoms with van der Waals surface area (Å²) in [4.78, 5) is 28.8. The lowest BCUT2D eigenvalue weighted by atomic mass is 10.3. The van der Waals surface area contributed by atoms with Crippen LogP contribution < -0.4 is 5.32 Å². The van der Waals surface area contributed by atoms with Gasteiger partial charge in [0.05, 0.1) is 12.6 Å². The summed E-state index contributed by atoms with van der Waals surface area (Å²) in [5.74, 6) is -1.06. The van der Waals surface area contributed by atoms with Crippen LogP contribution in [0.4, 0.5) is 5.82 Å². The van der Waals surface area contributed by atoms with Crippen molar-refractivity contribution in [1.82, 2.24) is 9.97 Å². The van der Waals surface area contributed by atoms with Gasteiger partial charge in [0, 0.05) is 18.8 Å².